The zero-order valence-electron chi connectivity index (χ0n) is 16.6. The Balaban J connectivity index is 1.86. The maximum absolute atomic E-state index is 12.9. The topological polar surface area (TPSA) is 154 Å². The predicted octanol–water partition coefficient (Wildman–Crippen LogP) is 2.85. The number of hydrogen-bond acceptors (Lipinski definition) is 6. The lowest BCUT2D eigenvalue weighted by Crippen LogP contribution is -2.33. The number of nitrogens with two attached hydrogens (primary N) is 1. The van der Waals surface area contributed by atoms with Crippen molar-refractivity contribution in [3.63, 3.8) is 0 Å². The lowest BCUT2D eigenvalue weighted by Gasteiger charge is -2.12. The third-order valence-corrected chi connectivity index (χ3v) is 4.20. The number of benzene rings is 3. The molecule has 0 atom stereocenters. The Morgan fingerprint density at radius 3 is 2.38 bits per heavy atom. The number of rotatable bonds is 8. The molecule has 0 saturated heterocycles. The molecule has 3 aromatic rings. The molecule has 32 heavy (non-hydrogen) atoms. The summed E-state index contributed by atoms with van der Waals surface area (Å²) in [7, 11) is 0. The van der Waals surface area contributed by atoms with Crippen LogP contribution in [0.5, 0.6) is 11.5 Å². The Hall–Kier alpha value is -4.73. The molecule has 162 valence electrons. The van der Waals surface area contributed by atoms with Gasteiger partial charge in [-0.2, -0.15) is 0 Å². The minimum absolute atomic E-state index is 0.0633. The molecular formula is C22H18N4O6. The van der Waals surface area contributed by atoms with Gasteiger partial charge in [0.1, 0.15) is 11.5 Å². The minimum Gasteiger partial charge on any atom is -0.457 e. The van der Waals surface area contributed by atoms with Crippen LogP contribution in [0, 0.1) is 10.1 Å². The van der Waals surface area contributed by atoms with Crippen LogP contribution < -0.4 is 21.1 Å². The highest BCUT2D eigenvalue weighted by molar-refractivity contribution is 6.07. The van der Waals surface area contributed by atoms with Crippen molar-refractivity contribution in [3.8, 4) is 11.5 Å². The first-order valence-corrected chi connectivity index (χ1v) is 9.33. The van der Waals surface area contributed by atoms with Crippen molar-refractivity contribution in [1.29, 1.82) is 0 Å². The van der Waals surface area contributed by atoms with E-state index in [2.05, 4.69) is 10.6 Å². The van der Waals surface area contributed by atoms with Crippen LogP contribution in [0.4, 0.5) is 11.4 Å². The molecule has 0 bridgehead atoms. The minimum atomic E-state index is -0.695. The SMILES string of the molecule is NC(=O)CNC(=O)c1cccc(NC(=O)c2cc([N+](=O)[O-])ccc2Oc2ccccc2)c1. The van der Waals surface area contributed by atoms with Crippen LogP contribution in [0.15, 0.2) is 72.8 Å². The van der Waals surface area contributed by atoms with Crippen molar-refractivity contribution in [2.24, 2.45) is 5.73 Å². The number of nitrogens with zero attached hydrogens (tertiary/aromatic N) is 1. The zero-order valence-corrected chi connectivity index (χ0v) is 16.6. The van der Waals surface area contributed by atoms with Gasteiger partial charge in [-0.05, 0) is 36.4 Å². The first kappa shape index (κ1) is 22.0. The number of non-ortho nitro benzene ring substituents is 1. The second-order valence-corrected chi connectivity index (χ2v) is 6.54. The van der Waals surface area contributed by atoms with E-state index in [9.17, 15) is 24.5 Å². The fraction of sp³-hybridized carbons (Fsp3) is 0.0455. The van der Waals surface area contributed by atoms with Gasteiger partial charge in [-0.15, -0.1) is 0 Å². The summed E-state index contributed by atoms with van der Waals surface area (Å²) in [4.78, 5) is 46.4. The van der Waals surface area contributed by atoms with Crippen LogP contribution in [0.1, 0.15) is 20.7 Å². The van der Waals surface area contributed by atoms with Gasteiger partial charge in [-0.25, -0.2) is 0 Å². The van der Waals surface area contributed by atoms with Crippen LogP contribution in [-0.4, -0.2) is 29.2 Å². The number of nitrogens with one attached hydrogen (secondary N) is 2. The number of nitro groups is 1. The second-order valence-electron chi connectivity index (χ2n) is 6.54. The summed E-state index contributed by atoms with van der Waals surface area (Å²) in [6, 6.07) is 18.3. The van der Waals surface area contributed by atoms with Gasteiger partial charge in [-0.3, -0.25) is 24.5 Å². The van der Waals surface area contributed by atoms with E-state index >= 15 is 0 Å². The van der Waals surface area contributed by atoms with E-state index in [1.54, 1.807) is 30.3 Å². The number of amides is 3. The molecule has 0 radical (unpaired) electrons. The molecule has 0 aliphatic heterocycles. The number of anilines is 1. The summed E-state index contributed by atoms with van der Waals surface area (Å²) in [5, 5.41) is 16.1. The third-order valence-electron chi connectivity index (χ3n) is 4.20. The van der Waals surface area contributed by atoms with Gasteiger partial charge in [0.15, 0.2) is 0 Å². The maximum atomic E-state index is 12.9. The quantitative estimate of drug-likeness (QED) is 0.366. The molecule has 0 aliphatic rings. The first-order chi connectivity index (χ1) is 15.3. The lowest BCUT2D eigenvalue weighted by molar-refractivity contribution is -0.384. The molecule has 0 unspecified atom stereocenters. The number of primary amides is 1. The van der Waals surface area contributed by atoms with Gasteiger partial charge in [0, 0.05) is 23.4 Å². The number of ether oxygens (including phenoxy) is 1. The average molecular weight is 434 g/mol. The van der Waals surface area contributed by atoms with Crippen molar-refractivity contribution < 1.29 is 24.0 Å². The molecule has 0 aliphatic carbocycles. The van der Waals surface area contributed by atoms with Crippen LogP contribution in [0.25, 0.3) is 0 Å². The highest BCUT2D eigenvalue weighted by atomic mass is 16.6. The van der Waals surface area contributed by atoms with Crippen molar-refractivity contribution >= 4 is 29.1 Å². The third kappa shape index (κ3) is 5.66. The van der Waals surface area contributed by atoms with E-state index in [1.165, 1.54) is 36.4 Å². The highest BCUT2D eigenvalue weighted by Crippen LogP contribution is 2.29. The molecule has 0 spiro atoms. The van der Waals surface area contributed by atoms with Crippen LogP contribution in [-0.2, 0) is 4.79 Å². The normalized spacial score (nSPS) is 10.1. The van der Waals surface area contributed by atoms with Gasteiger partial charge >= 0.3 is 0 Å². The van der Waals surface area contributed by atoms with E-state index in [0.29, 0.717) is 5.75 Å². The molecule has 0 heterocycles. The fourth-order valence-corrected chi connectivity index (χ4v) is 2.72. The summed E-state index contributed by atoms with van der Waals surface area (Å²) in [6.45, 7) is -0.330. The Morgan fingerprint density at radius 2 is 1.69 bits per heavy atom. The Labute approximate surface area is 182 Å². The number of carbonyl (C=O) groups is 3. The molecule has 10 nitrogen and oxygen atoms in total. The Bertz CT molecular complexity index is 1180. The molecule has 3 amide bonds. The van der Waals surface area contributed by atoms with E-state index in [1.807, 2.05) is 0 Å². The molecular weight excluding hydrogens is 416 g/mol. The molecule has 0 aromatic heterocycles. The van der Waals surface area contributed by atoms with E-state index in [-0.39, 0.29) is 34.8 Å². The Kier molecular flexibility index (Phi) is 6.76. The molecule has 3 rings (SSSR count). The number of carbonyl (C=O) groups excluding carboxylic acids is 3. The monoisotopic (exact) mass is 434 g/mol. The van der Waals surface area contributed by atoms with Crippen LogP contribution in [0.2, 0.25) is 0 Å². The summed E-state index contributed by atoms with van der Waals surface area (Å²) >= 11 is 0. The average Bonchev–Trinajstić information content (AvgIpc) is 2.78. The van der Waals surface area contributed by atoms with Crippen molar-refractivity contribution in [1.82, 2.24) is 5.32 Å². The highest BCUT2D eigenvalue weighted by Gasteiger charge is 2.19. The zero-order chi connectivity index (χ0) is 23.1. The van der Waals surface area contributed by atoms with Gasteiger partial charge in [0.2, 0.25) is 5.91 Å². The van der Waals surface area contributed by atoms with Gasteiger partial charge < -0.3 is 21.1 Å². The molecule has 4 N–H and O–H groups in total. The predicted molar refractivity (Wildman–Crippen MR) is 116 cm³/mol. The first-order valence-electron chi connectivity index (χ1n) is 9.33. The van der Waals surface area contributed by atoms with Crippen molar-refractivity contribution in [2.75, 3.05) is 11.9 Å². The van der Waals surface area contributed by atoms with Gasteiger partial charge in [0.25, 0.3) is 17.5 Å². The van der Waals surface area contributed by atoms with Gasteiger partial charge in [-0.1, -0.05) is 24.3 Å². The molecule has 0 saturated carbocycles. The molecule has 10 heteroatoms. The maximum Gasteiger partial charge on any atom is 0.270 e. The van der Waals surface area contributed by atoms with Crippen molar-refractivity contribution in [2.45, 2.75) is 0 Å². The van der Waals surface area contributed by atoms with E-state index < -0.39 is 22.6 Å². The van der Waals surface area contributed by atoms with Crippen molar-refractivity contribution in [3.05, 3.63) is 94.0 Å². The summed E-state index contributed by atoms with van der Waals surface area (Å²) < 4.78 is 5.73. The molecule has 3 aromatic carbocycles. The largest absolute Gasteiger partial charge is 0.457 e. The van der Waals surface area contributed by atoms with E-state index in [4.69, 9.17) is 10.5 Å². The van der Waals surface area contributed by atoms with Crippen LogP contribution in [0.3, 0.4) is 0 Å². The Morgan fingerprint density at radius 1 is 0.938 bits per heavy atom. The summed E-state index contributed by atoms with van der Waals surface area (Å²) in [6.07, 6.45) is 0. The standard InChI is InChI=1S/C22H18N4O6/c23-20(27)13-24-21(28)14-5-4-6-15(11-14)25-22(29)18-12-16(26(30)31)9-10-19(18)32-17-7-2-1-3-8-17/h1-12H,13H2,(H2,23,27)(H,24,28)(H,25,29). The van der Waals surface area contributed by atoms with Gasteiger partial charge in [0.05, 0.1) is 17.0 Å². The molecule has 0 fully saturated rings. The number of nitro benzene ring substituents is 1. The summed E-state index contributed by atoms with van der Waals surface area (Å²) in [5.41, 5.74) is 5.11. The number of para-hydroxylation sites is 1. The van der Waals surface area contributed by atoms with Crippen LogP contribution >= 0.6 is 0 Å². The number of hydrogen-bond donors (Lipinski definition) is 3. The second kappa shape index (κ2) is 9.85. The van der Waals surface area contributed by atoms with E-state index in [0.717, 1.165) is 6.07 Å². The summed E-state index contributed by atoms with van der Waals surface area (Å²) in [5.74, 6) is -1.35. The smallest absolute Gasteiger partial charge is 0.270 e. The lowest BCUT2D eigenvalue weighted by atomic mass is 10.1. The fourth-order valence-electron chi connectivity index (χ4n) is 2.72.